The van der Waals surface area contributed by atoms with E-state index in [1.165, 1.54) is 7.11 Å². The fourth-order valence-electron chi connectivity index (χ4n) is 1.99. The van der Waals surface area contributed by atoms with Gasteiger partial charge in [0.25, 0.3) is 0 Å². The van der Waals surface area contributed by atoms with E-state index in [2.05, 4.69) is 15.0 Å². The molecule has 0 amide bonds. The van der Waals surface area contributed by atoms with Gasteiger partial charge in [0.05, 0.1) is 7.11 Å². The lowest BCUT2D eigenvalue weighted by atomic mass is 10.3. The molecule has 108 valence electrons. The number of imidazole rings is 1. The number of fused-ring (bicyclic) bond motifs is 1. The number of aromatic nitrogens is 4. The third-order valence-corrected chi connectivity index (χ3v) is 2.91. The van der Waals surface area contributed by atoms with Crippen LogP contribution in [0.3, 0.4) is 0 Å². The maximum atomic E-state index is 11.6. The van der Waals surface area contributed by atoms with Crippen LogP contribution in [0.15, 0.2) is 42.7 Å². The second kappa shape index (κ2) is 6.32. The molecule has 6 nitrogen and oxygen atoms in total. The van der Waals surface area contributed by atoms with Crippen molar-refractivity contribution in [2.45, 2.75) is 6.54 Å². The average Bonchev–Trinajstić information content (AvgIpc) is 2.87. The van der Waals surface area contributed by atoms with E-state index in [9.17, 15) is 4.79 Å². The molecule has 0 aliphatic carbocycles. The Hall–Kier alpha value is -2.47. The summed E-state index contributed by atoms with van der Waals surface area (Å²) in [5.74, 6) is 0.247. The number of nitrogens with zero attached hydrogens (tertiary/aromatic N) is 4. The third kappa shape index (κ3) is 2.85. The average molecular weight is 305 g/mol. The van der Waals surface area contributed by atoms with Crippen LogP contribution in [0.25, 0.3) is 22.7 Å². The summed E-state index contributed by atoms with van der Waals surface area (Å²) in [6, 6.07) is 9.20. The van der Waals surface area contributed by atoms with E-state index in [0.29, 0.717) is 17.2 Å². The third-order valence-electron chi connectivity index (χ3n) is 2.91. The molecular weight excluding hydrogens is 292 g/mol. The first-order valence-electron chi connectivity index (χ1n) is 6.09. The lowest BCUT2D eigenvalue weighted by Crippen LogP contribution is -2.13. The number of rotatable bonds is 3. The molecule has 0 saturated heterocycles. The number of ether oxygens (including phenoxy) is 1. The van der Waals surface area contributed by atoms with Gasteiger partial charge in [0.2, 0.25) is 0 Å². The molecule has 0 N–H and O–H groups in total. The Kier molecular flexibility index (Phi) is 4.49. The quantitative estimate of drug-likeness (QED) is 0.693. The van der Waals surface area contributed by atoms with Gasteiger partial charge in [-0.25, -0.2) is 9.97 Å². The Morgan fingerprint density at radius 3 is 2.71 bits per heavy atom. The second-order valence-corrected chi connectivity index (χ2v) is 4.16. The number of carbonyl (C=O) groups is 1. The van der Waals surface area contributed by atoms with Crippen molar-refractivity contribution in [3.8, 4) is 11.5 Å². The Bertz CT molecular complexity index is 758. The molecule has 0 atom stereocenters. The number of esters is 1. The first-order valence-corrected chi connectivity index (χ1v) is 6.09. The minimum absolute atomic E-state index is 0. The summed E-state index contributed by atoms with van der Waals surface area (Å²) in [5.41, 5.74) is 2.05. The highest BCUT2D eigenvalue weighted by atomic mass is 35.5. The van der Waals surface area contributed by atoms with E-state index in [0.717, 1.165) is 5.52 Å². The second-order valence-electron chi connectivity index (χ2n) is 4.16. The van der Waals surface area contributed by atoms with E-state index in [4.69, 9.17) is 4.74 Å². The van der Waals surface area contributed by atoms with Gasteiger partial charge in [0, 0.05) is 12.4 Å². The van der Waals surface area contributed by atoms with E-state index in [-0.39, 0.29) is 24.9 Å². The Balaban J connectivity index is 0.00000161. The van der Waals surface area contributed by atoms with Gasteiger partial charge in [-0.1, -0.05) is 6.07 Å². The van der Waals surface area contributed by atoms with Gasteiger partial charge in [-0.2, -0.15) is 0 Å². The summed E-state index contributed by atoms with van der Waals surface area (Å²) in [5, 5.41) is 0. The van der Waals surface area contributed by atoms with E-state index < -0.39 is 0 Å². The number of methoxy groups -OCH3 is 1. The molecule has 21 heavy (non-hydrogen) atoms. The van der Waals surface area contributed by atoms with Crippen molar-refractivity contribution in [2.24, 2.45) is 0 Å². The number of pyridine rings is 2. The smallest absolute Gasteiger partial charge is 0.325 e. The molecule has 0 aliphatic heterocycles. The van der Waals surface area contributed by atoms with E-state index in [1.807, 2.05) is 24.3 Å². The molecule has 3 aromatic heterocycles. The molecule has 3 aromatic rings. The highest BCUT2D eigenvalue weighted by molar-refractivity contribution is 5.85. The molecule has 0 aromatic carbocycles. The van der Waals surface area contributed by atoms with Gasteiger partial charge in [-0.3, -0.25) is 14.3 Å². The minimum Gasteiger partial charge on any atom is -0.468 e. The van der Waals surface area contributed by atoms with Gasteiger partial charge in [0.15, 0.2) is 11.5 Å². The summed E-state index contributed by atoms with van der Waals surface area (Å²) in [7, 11) is 1.36. The monoisotopic (exact) mass is 304 g/mol. The standard InChI is InChI=1S/C14H12N4O2.ClH/c1-20-12(19)9-18-13-11(6-4-8-16-13)17-14(18)10-5-2-3-7-15-10;/h2-8H,9H2,1H3;1H. The van der Waals surface area contributed by atoms with E-state index >= 15 is 0 Å². The van der Waals surface area contributed by atoms with Crippen LogP contribution in [-0.4, -0.2) is 32.6 Å². The zero-order valence-corrected chi connectivity index (χ0v) is 12.1. The van der Waals surface area contributed by atoms with Crippen molar-refractivity contribution in [3.63, 3.8) is 0 Å². The molecule has 3 rings (SSSR count). The van der Waals surface area contributed by atoms with Crippen LogP contribution >= 0.6 is 12.4 Å². The van der Waals surface area contributed by atoms with Gasteiger partial charge >= 0.3 is 5.97 Å². The lowest BCUT2D eigenvalue weighted by molar-refractivity contribution is -0.141. The fourth-order valence-corrected chi connectivity index (χ4v) is 1.99. The van der Waals surface area contributed by atoms with Gasteiger partial charge in [-0.05, 0) is 24.3 Å². The van der Waals surface area contributed by atoms with Crippen LogP contribution < -0.4 is 0 Å². The molecule has 0 saturated carbocycles. The molecule has 0 fully saturated rings. The largest absolute Gasteiger partial charge is 0.468 e. The van der Waals surface area contributed by atoms with Gasteiger partial charge < -0.3 is 4.74 Å². The molecule has 3 heterocycles. The molecule has 0 radical (unpaired) electrons. The van der Waals surface area contributed by atoms with Crippen LogP contribution in [0.4, 0.5) is 0 Å². The molecule has 7 heteroatoms. The maximum Gasteiger partial charge on any atom is 0.325 e. The minimum atomic E-state index is -0.355. The van der Waals surface area contributed by atoms with Crippen LogP contribution in [-0.2, 0) is 16.1 Å². The van der Waals surface area contributed by atoms with Gasteiger partial charge in [0.1, 0.15) is 17.8 Å². The number of halogens is 1. The van der Waals surface area contributed by atoms with Crippen molar-refractivity contribution in [2.75, 3.05) is 7.11 Å². The number of hydrogen-bond acceptors (Lipinski definition) is 5. The van der Waals surface area contributed by atoms with Crippen molar-refractivity contribution >= 4 is 29.5 Å². The molecule has 0 bridgehead atoms. The highest BCUT2D eigenvalue weighted by Gasteiger charge is 2.16. The highest BCUT2D eigenvalue weighted by Crippen LogP contribution is 2.21. The van der Waals surface area contributed by atoms with Crippen molar-refractivity contribution in [1.82, 2.24) is 19.5 Å². The Morgan fingerprint density at radius 2 is 2.00 bits per heavy atom. The lowest BCUT2D eigenvalue weighted by Gasteiger charge is -2.06. The topological polar surface area (TPSA) is 69.9 Å². The predicted molar refractivity (Wildman–Crippen MR) is 80.0 cm³/mol. The van der Waals surface area contributed by atoms with Gasteiger partial charge in [-0.15, -0.1) is 12.4 Å². The summed E-state index contributed by atoms with van der Waals surface area (Å²) >= 11 is 0. The van der Waals surface area contributed by atoms with Crippen LogP contribution in [0.2, 0.25) is 0 Å². The molecule has 0 unspecified atom stereocenters. The normalized spacial score (nSPS) is 10.1. The summed E-state index contributed by atoms with van der Waals surface area (Å²) < 4.78 is 6.44. The molecular formula is C14H13ClN4O2. The van der Waals surface area contributed by atoms with Crippen LogP contribution in [0.1, 0.15) is 0 Å². The zero-order chi connectivity index (χ0) is 13.9. The molecule has 0 spiro atoms. The van der Waals surface area contributed by atoms with E-state index in [1.54, 1.807) is 23.0 Å². The summed E-state index contributed by atoms with van der Waals surface area (Å²) in [6.07, 6.45) is 3.35. The van der Waals surface area contributed by atoms with Crippen molar-refractivity contribution in [1.29, 1.82) is 0 Å². The Labute approximate surface area is 127 Å². The molecule has 0 aliphatic rings. The maximum absolute atomic E-state index is 11.6. The SMILES string of the molecule is COC(=O)Cn1c(-c2ccccn2)nc2cccnc21.Cl. The summed E-state index contributed by atoms with van der Waals surface area (Å²) in [4.78, 5) is 24.6. The Morgan fingerprint density at radius 1 is 1.19 bits per heavy atom. The van der Waals surface area contributed by atoms with Crippen LogP contribution in [0.5, 0.6) is 0 Å². The van der Waals surface area contributed by atoms with Crippen LogP contribution in [0, 0.1) is 0 Å². The predicted octanol–water partition coefficient (Wildman–Crippen LogP) is 2.09. The summed E-state index contributed by atoms with van der Waals surface area (Å²) in [6.45, 7) is 0.0515. The first kappa shape index (κ1) is 14.9. The number of carbonyl (C=O) groups excluding carboxylic acids is 1. The van der Waals surface area contributed by atoms with Crippen molar-refractivity contribution < 1.29 is 9.53 Å². The zero-order valence-electron chi connectivity index (χ0n) is 11.3. The number of hydrogen-bond donors (Lipinski definition) is 0. The fraction of sp³-hybridized carbons (Fsp3) is 0.143. The first-order chi connectivity index (χ1) is 9.79. The van der Waals surface area contributed by atoms with Crippen molar-refractivity contribution in [3.05, 3.63) is 42.7 Å².